The van der Waals surface area contributed by atoms with Gasteiger partial charge in [-0.2, -0.15) is 0 Å². The Balaban J connectivity index is 2.14. The van der Waals surface area contributed by atoms with Gasteiger partial charge in [-0.15, -0.1) is 0 Å². The largest absolute Gasteiger partial charge is 0.375 e. The normalized spacial score (nSPS) is 19.4. The smallest absolute Gasteiger partial charge is 0.222 e. The van der Waals surface area contributed by atoms with Crippen molar-refractivity contribution < 1.29 is 9.53 Å². The van der Waals surface area contributed by atoms with Gasteiger partial charge in [-0.25, -0.2) is 0 Å². The standard InChI is InChI=1S/C14H22N2O2/c1-3-6-14(17)16-9-12-7-5-8-15(12)10-13(11-16)18-4-2/h5,7-8,13H,3-4,6,9-11H2,1-2H3/t13-/m1/s1. The van der Waals surface area contributed by atoms with Gasteiger partial charge in [0, 0.05) is 31.5 Å². The van der Waals surface area contributed by atoms with Crippen LogP contribution in [-0.2, 0) is 22.6 Å². The van der Waals surface area contributed by atoms with E-state index >= 15 is 0 Å². The van der Waals surface area contributed by atoms with Crippen molar-refractivity contribution in [1.82, 2.24) is 9.47 Å². The fourth-order valence-electron chi connectivity index (χ4n) is 2.46. The molecule has 0 fully saturated rings. The summed E-state index contributed by atoms with van der Waals surface area (Å²) in [5, 5.41) is 0. The minimum Gasteiger partial charge on any atom is -0.375 e. The summed E-state index contributed by atoms with van der Waals surface area (Å²) in [5.41, 5.74) is 1.20. The average molecular weight is 250 g/mol. The summed E-state index contributed by atoms with van der Waals surface area (Å²) in [6.45, 7) is 6.98. The molecule has 1 amide bonds. The highest BCUT2D eigenvalue weighted by atomic mass is 16.5. The molecule has 1 atom stereocenters. The van der Waals surface area contributed by atoms with Crippen LogP contribution in [0.1, 0.15) is 32.4 Å². The van der Waals surface area contributed by atoms with Crippen LogP contribution < -0.4 is 0 Å². The third-order valence-corrected chi connectivity index (χ3v) is 3.32. The Morgan fingerprint density at radius 3 is 3.00 bits per heavy atom. The molecule has 100 valence electrons. The van der Waals surface area contributed by atoms with E-state index in [0.29, 0.717) is 26.1 Å². The second-order valence-corrected chi connectivity index (χ2v) is 4.75. The van der Waals surface area contributed by atoms with Crippen molar-refractivity contribution >= 4 is 5.91 Å². The molecule has 0 saturated heterocycles. The molecule has 0 spiro atoms. The lowest BCUT2D eigenvalue weighted by molar-refractivity contribution is -0.133. The first kappa shape index (κ1) is 13.1. The summed E-state index contributed by atoms with van der Waals surface area (Å²) in [4.78, 5) is 14.0. The van der Waals surface area contributed by atoms with Crippen LogP contribution >= 0.6 is 0 Å². The zero-order valence-electron chi connectivity index (χ0n) is 11.3. The predicted octanol–water partition coefficient (Wildman–Crippen LogP) is 2.04. The Bertz CT molecular complexity index is 400. The number of carbonyl (C=O) groups is 1. The Morgan fingerprint density at radius 1 is 1.44 bits per heavy atom. The van der Waals surface area contributed by atoms with Crippen LogP contribution in [0.15, 0.2) is 18.3 Å². The van der Waals surface area contributed by atoms with Crippen molar-refractivity contribution in [3.05, 3.63) is 24.0 Å². The molecule has 0 radical (unpaired) electrons. The zero-order chi connectivity index (χ0) is 13.0. The zero-order valence-corrected chi connectivity index (χ0v) is 11.3. The Hall–Kier alpha value is -1.29. The Kier molecular flexibility index (Phi) is 4.42. The summed E-state index contributed by atoms with van der Waals surface area (Å²) in [5.74, 6) is 0.233. The maximum atomic E-state index is 12.1. The van der Waals surface area contributed by atoms with Gasteiger partial charge >= 0.3 is 0 Å². The molecule has 0 aliphatic carbocycles. The molecule has 2 rings (SSSR count). The van der Waals surface area contributed by atoms with E-state index in [1.165, 1.54) is 5.69 Å². The molecule has 1 aliphatic rings. The van der Waals surface area contributed by atoms with E-state index in [2.05, 4.69) is 16.8 Å². The molecule has 4 nitrogen and oxygen atoms in total. The van der Waals surface area contributed by atoms with Gasteiger partial charge in [0.15, 0.2) is 0 Å². The van der Waals surface area contributed by atoms with Gasteiger partial charge in [0.25, 0.3) is 0 Å². The maximum Gasteiger partial charge on any atom is 0.222 e. The fraction of sp³-hybridized carbons (Fsp3) is 0.643. The molecule has 0 saturated carbocycles. The van der Waals surface area contributed by atoms with Crippen LogP contribution in [0, 0.1) is 0 Å². The van der Waals surface area contributed by atoms with E-state index < -0.39 is 0 Å². The fourth-order valence-corrected chi connectivity index (χ4v) is 2.46. The van der Waals surface area contributed by atoms with Crippen molar-refractivity contribution in [2.75, 3.05) is 13.2 Å². The summed E-state index contributed by atoms with van der Waals surface area (Å²) in [6.07, 6.45) is 3.69. The Morgan fingerprint density at radius 2 is 2.28 bits per heavy atom. The van der Waals surface area contributed by atoms with Crippen LogP contribution in [0.3, 0.4) is 0 Å². The third kappa shape index (κ3) is 2.93. The van der Waals surface area contributed by atoms with E-state index in [9.17, 15) is 4.79 Å². The summed E-state index contributed by atoms with van der Waals surface area (Å²) >= 11 is 0. The lowest BCUT2D eigenvalue weighted by atomic mass is 10.2. The van der Waals surface area contributed by atoms with E-state index in [-0.39, 0.29) is 12.0 Å². The first-order valence-electron chi connectivity index (χ1n) is 6.78. The highest BCUT2D eigenvalue weighted by molar-refractivity contribution is 5.76. The first-order valence-corrected chi connectivity index (χ1v) is 6.78. The van der Waals surface area contributed by atoms with E-state index in [1.807, 2.05) is 24.8 Å². The van der Waals surface area contributed by atoms with Crippen LogP contribution in [0.25, 0.3) is 0 Å². The minimum absolute atomic E-state index is 0.101. The first-order chi connectivity index (χ1) is 8.74. The van der Waals surface area contributed by atoms with Crippen LogP contribution in [0.5, 0.6) is 0 Å². The van der Waals surface area contributed by atoms with Gasteiger partial charge in [0.2, 0.25) is 5.91 Å². The topological polar surface area (TPSA) is 34.5 Å². The molecule has 0 unspecified atom stereocenters. The number of hydrogen-bond acceptors (Lipinski definition) is 2. The molecule has 0 aromatic carbocycles. The second kappa shape index (κ2) is 6.05. The second-order valence-electron chi connectivity index (χ2n) is 4.75. The molecule has 1 aromatic rings. The molecule has 4 heteroatoms. The van der Waals surface area contributed by atoms with E-state index in [1.54, 1.807) is 0 Å². The Labute approximate surface area is 109 Å². The quantitative estimate of drug-likeness (QED) is 0.819. The number of carbonyl (C=O) groups excluding carboxylic acids is 1. The van der Waals surface area contributed by atoms with Gasteiger partial charge < -0.3 is 14.2 Å². The molecular weight excluding hydrogens is 228 g/mol. The van der Waals surface area contributed by atoms with Crippen LogP contribution in [-0.4, -0.2) is 34.6 Å². The monoisotopic (exact) mass is 250 g/mol. The molecule has 0 bridgehead atoms. The van der Waals surface area contributed by atoms with E-state index in [4.69, 9.17) is 4.74 Å². The number of rotatable bonds is 4. The number of hydrogen-bond donors (Lipinski definition) is 0. The minimum atomic E-state index is 0.101. The van der Waals surface area contributed by atoms with Crippen LogP contribution in [0.4, 0.5) is 0 Å². The summed E-state index contributed by atoms with van der Waals surface area (Å²) < 4.78 is 7.93. The SMILES string of the molecule is CCCC(=O)N1Cc2cccn2C[C@@H](OCC)C1. The molecular formula is C14H22N2O2. The molecule has 2 heterocycles. The predicted molar refractivity (Wildman–Crippen MR) is 70.2 cm³/mol. The lowest BCUT2D eigenvalue weighted by Crippen LogP contribution is -2.37. The average Bonchev–Trinajstić information content (AvgIpc) is 2.69. The van der Waals surface area contributed by atoms with Gasteiger partial charge in [-0.05, 0) is 25.5 Å². The van der Waals surface area contributed by atoms with Gasteiger partial charge in [0.1, 0.15) is 0 Å². The summed E-state index contributed by atoms with van der Waals surface area (Å²) in [7, 11) is 0. The highest BCUT2D eigenvalue weighted by Gasteiger charge is 2.24. The summed E-state index contributed by atoms with van der Waals surface area (Å²) in [6, 6.07) is 4.12. The number of amides is 1. The van der Waals surface area contributed by atoms with Crippen LogP contribution in [0.2, 0.25) is 0 Å². The number of fused-ring (bicyclic) bond motifs is 1. The van der Waals surface area contributed by atoms with Gasteiger partial charge in [-0.1, -0.05) is 6.92 Å². The van der Waals surface area contributed by atoms with Crippen molar-refractivity contribution in [2.45, 2.75) is 45.9 Å². The van der Waals surface area contributed by atoms with Crippen molar-refractivity contribution in [2.24, 2.45) is 0 Å². The van der Waals surface area contributed by atoms with Crippen molar-refractivity contribution in [3.63, 3.8) is 0 Å². The molecule has 1 aliphatic heterocycles. The van der Waals surface area contributed by atoms with Crippen molar-refractivity contribution in [3.8, 4) is 0 Å². The van der Waals surface area contributed by atoms with Crippen molar-refractivity contribution in [1.29, 1.82) is 0 Å². The molecule has 0 N–H and O–H groups in total. The van der Waals surface area contributed by atoms with E-state index in [0.717, 1.165) is 13.0 Å². The molecule has 1 aromatic heterocycles. The maximum absolute atomic E-state index is 12.1. The van der Waals surface area contributed by atoms with Gasteiger partial charge in [-0.3, -0.25) is 4.79 Å². The molecule has 18 heavy (non-hydrogen) atoms. The number of aromatic nitrogens is 1. The lowest BCUT2D eigenvalue weighted by Gasteiger charge is -2.24. The third-order valence-electron chi connectivity index (χ3n) is 3.32. The number of nitrogens with zero attached hydrogens (tertiary/aromatic N) is 2. The van der Waals surface area contributed by atoms with Gasteiger partial charge in [0.05, 0.1) is 19.2 Å². The highest BCUT2D eigenvalue weighted by Crippen LogP contribution is 2.16. The number of ether oxygens (including phenoxy) is 1.